The quantitative estimate of drug-likeness (QED) is 0.278. The highest BCUT2D eigenvalue weighted by molar-refractivity contribution is 8.14. The molecule has 0 atom stereocenters. The molecular weight excluding hydrogens is 429 g/mol. The standard InChI is InChI=1S/C27H28N3PS/c1-28-24-16-14-20-10-4-6-12-22(20)26(24)27-23-13-7-5-11-21(23)15-17-25(27)29(2)31(28,32)30-18-8-3-9-19-30/h4-7,10-17H,3,8-9,18-19H2,1-2H3. The van der Waals surface area contributed by atoms with Crippen molar-refractivity contribution in [2.75, 3.05) is 36.5 Å². The largest absolute Gasteiger partial charge is 0.319 e. The van der Waals surface area contributed by atoms with Crippen LogP contribution in [0.25, 0.3) is 32.7 Å². The topological polar surface area (TPSA) is 9.72 Å². The van der Waals surface area contributed by atoms with Crippen molar-refractivity contribution in [3.8, 4) is 11.1 Å². The van der Waals surface area contributed by atoms with Crippen molar-refractivity contribution in [1.82, 2.24) is 4.67 Å². The van der Waals surface area contributed by atoms with Crippen LogP contribution in [0.1, 0.15) is 19.3 Å². The van der Waals surface area contributed by atoms with Gasteiger partial charge in [0.2, 0.25) is 0 Å². The third-order valence-electron chi connectivity index (χ3n) is 7.24. The van der Waals surface area contributed by atoms with Crippen molar-refractivity contribution in [3.05, 3.63) is 72.8 Å². The number of nitrogens with zero attached hydrogens (tertiary/aromatic N) is 3. The van der Waals surface area contributed by atoms with E-state index in [1.54, 1.807) is 0 Å². The van der Waals surface area contributed by atoms with Crippen LogP contribution in [0.15, 0.2) is 72.8 Å². The Morgan fingerprint density at radius 1 is 0.625 bits per heavy atom. The van der Waals surface area contributed by atoms with E-state index in [0.29, 0.717) is 0 Å². The van der Waals surface area contributed by atoms with Gasteiger partial charge in [-0.15, -0.1) is 0 Å². The van der Waals surface area contributed by atoms with Gasteiger partial charge in [-0.1, -0.05) is 67.1 Å². The third-order valence-corrected chi connectivity index (χ3v) is 12.5. The summed E-state index contributed by atoms with van der Waals surface area (Å²) in [5.41, 5.74) is 5.13. The van der Waals surface area contributed by atoms with Crippen LogP contribution in [0, 0.1) is 0 Å². The average molecular weight is 458 g/mol. The minimum atomic E-state index is -2.20. The van der Waals surface area contributed by atoms with Gasteiger partial charge in [-0.2, -0.15) is 0 Å². The van der Waals surface area contributed by atoms with Gasteiger partial charge in [-0.05, 0) is 58.3 Å². The first-order valence-electron chi connectivity index (χ1n) is 11.5. The molecule has 6 rings (SSSR count). The van der Waals surface area contributed by atoms with E-state index in [1.807, 2.05) is 0 Å². The van der Waals surface area contributed by atoms with E-state index >= 15 is 0 Å². The van der Waals surface area contributed by atoms with E-state index in [-0.39, 0.29) is 0 Å². The maximum atomic E-state index is 6.69. The molecule has 0 radical (unpaired) electrons. The fraction of sp³-hybridized carbons (Fsp3) is 0.259. The lowest BCUT2D eigenvalue weighted by atomic mass is 9.91. The summed E-state index contributed by atoms with van der Waals surface area (Å²) in [5.74, 6) is 0. The van der Waals surface area contributed by atoms with Crippen LogP contribution in [-0.4, -0.2) is 31.9 Å². The van der Waals surface area contributed by atoms with Gasteiger partial charge in [-0.25, -0.2) is 4.67 Å². The van der Waals surface area contributed by atoms with Gasteiger partial charge in [0.05, 0.1) is 11.4 Å². The van der Waals surface area contributed by atoms with Gasteiger partial charge < -0.3 is 9.34 Å². The molecule has 0 amide bonds. The van der Waals surface area contributed by atoms with Crippen molar-refractivity contribution in [1.29, 1.82) is 0 Å². The van der Waals surface area contributed by atoms with E-state index in [1.165, 1.54) is 63.3 Å². The zero-order valence-electron chi connectivity index (χ0n) is 18.7. The molecule has 0 bridgehead atoms. The highest BCUT2D eigenvalue weighted by Gasteiger charge is 2.40. The van der Waals surface area contributed by atoms with Crippen LogP contribution >= 0.6 is 6.49 Å². The minimum absolute atomic E-state index is 1.08. The summed E-state index contributed by atoms with van der Waals surface area (Å²) in [6, 6.07) is 26.7. The van der Waals surface area contributed by atoms with Crippen molar-refractivity contribution in [3.63, 3.8) is 0 Å². The number of fused-ring (bicyclic) bond motifs is 7. The van der Waals surface area contributed by atoms with Crippen molar-refractivity contribution < 1.29 is 0 Å². The maximum Gasteiger partial charge on any atom is 0.193 e. The molecule has 0 N–H and O–H groups in total. The summed E-state index contributed by atoms with van der Waals surface area (Å²) in [7, 11) is 4.46. The highest BCUT2D eigenvalue weighted by Crippen LogP contribution is 2.65. The average Bonchev–Trinajstić information content (AvgIpc) is 2.93. The summed E-state index contributed by atoms with van der Waals surface area (Å²) in [5, 5.41) is 5.14. The normalized spacial score (nSPS) is 18.4. The fourth-order valence-corrected chi connectivity index (χ4v) is 9.46. The Bertz CT molecular complexity index is 1300. The van der Waals surface area contributed by atoms with E-state index < -0.39 is 6.49 Å². The Labute approximate surface area is 195 Å². The second-order valence-corrected chi connectivity index (χ2v) is 13.2. The molecule has 0 spiro atoms. The van der Waals surface area contributed by atoms with Crippen LogP contribution in [0.4, 0.5) is 11.4 Å². The predicted octanol–water partition coefficient (Wildman–Crippen LogP) is 7.26. The monoisotopic (exact) mass is 457 g/mol. The summed E-state index contributed by atoms with van der Waals surface area (Å²) >= 11 is 6.69. The number of anilines is 2. The molecule has 3 nitrogen and oxygen atoms in total. The Hall–Kier alpha value is -2.39. The highest BCUT2D eigenvalue weighted by atomic mass is 32.4. The molecule has 0 saturated carbocycles. The molecule has 1 saturated heterocycles. The maximum absolute atomic E-state index is 6.69. The molecule has 162 valence electrons. The van der Waals surface area contributed by atoms with Gasteiger partial charge in [0, 0.05) is 38.3 Å². The van der Waals surface area contributed by atoms with Crippen LogP contribution < -0.4 is 9.34 Å². The first kappa shape index (κ1) is 20.2. The molecule has 5 heteroatoms. The third kappa shape index (κ3) is 2.80. The predicted molar refractivity (Wildman–Crippen MR) is 143 cm³/mol. The van der Waals surface area contributed by atoms with E-state index in [9.17, 15) is 0 Å². The van der Waals surface area contributed by atoms with Crippen LogP contribution in [-0.2, 0) is 11.8 Å². The first-order chi connectivity index (χ1) is 15.6. The molecular formula is C27H28N3PS. The SMILES string of the molecule is CN1c2ccc3ccccc3c2-c2c(ccc3ccccc23)N(C)P1(=S)N1CCCCC1. The number of piperidine rings is 1. The van der Waals surface area contributed by atoms with E-state index in [2.05, 4.69) is 101 Å². The Morgan fingerprint density at radius 2 is 1.09 bits per heavy atom. The molecule has 0 unspecified atom stereocenters. The number of benzene rings is 4. The van der Waals surface area contributed by atoms with Gasteiger partial charge in [0.15, 0.2) is 6.49 Å². The minimum Gasteiger partial charge on any atom is -0.319 e. The molecule has 2 aliphatic rings. The zero-order valence-corrected chi connectivity index (χ0v) is 20.4. The van der Waals surface area contributed by atoms with Crippen LogP contribution in [0.3, 0.4) is 0 Å². The van der Waals surface area contributed by atoms with Gasteiger partial charge >= 0.3 is 0 Å². The van der Waals surface area contributed by atoms with Gasteiger partial charge in [0.1, 0.15) is 0 Å². The van der Waals surface area contributed by atoms with E-state index in [4.69, 9.17) is 11.8 Å². The molecule has 32 heavy (non-hydrogen) atoms. The number of hydrogen-bond donors (Lipinski definition) is 0. The zero-order chi connectivity index (χ0) is 21.9. The smallest absolute Gasteiger partial charge is 0.193 e. The van der Waals surface area contributed by atoms with Crippen molar-refractivity contribution >= 4 is 51.2 Å². The summed E-state index contributed by atoms with van der Waals surface area (Å²) in [6.07, 6.45) is 3.77. The summed E-state index contributed by atoms with van der Waals surface area (Å²) in [6.45, 7) is -0.0394. The van der Waals surface area contributed by atoms with Crippen molar-refractivity contribution in [2.24, 2.45) is 0 Å². The number of rotatable bonds is 1. The molecule has 0 aromatic heterocycles. The Morgan fingerprint density at radius 3 is 1.59 bits per heavy atom. The van der Waals surface area contributed by atoms with Gasteiger partial charge in [0.25, 0.3) is 0 Å². The summed E-state index contributed by atoms with van der Waals surface area (Å²) in [4.78, 5) is 0. The second kappa shape index (κ2) is 7.59. The molecule has 1 fully saturated rings. The van der Waals surface area contributed by atoms with Gasteiger partial charge in [-0.3, -0.25) is 0 Å². The lowest BCUT2D eigenvalue weighted by molar-refractivity contribution is 0.367. The first-order valence-corrected chi connectivity index (χ1v) is 14.1. The molecule has 2 aliphatic heterocycles. The summed E-state index contributed by atoms with van der Waals surface area (Å²) < 4.78 is 7.50. The van der Waals surface area contributed by atoms with E-state index in [0.717, 1.165) is 13.1 Å². The van der Waals surface area contributed by atoms with Crippen LogP contribution in [0.5, 0.6) is 0 Å². The fourth-order valence-electron chi connectivity index (χ4n) is 5.58. The Balaban J connectivity index is 1.76. The molecule has 0 aliphatic carbocycles. The lowest BCUT2D eigenvalue weighted by Gasteiger charge is -2.47. The molecule has 4 aromatic carbocycles. The van der Waals surface area contributed by atoms with Crippen molar-refractivity contribution in [2.45, 2.75) is 19.3 Å². The molecule has 2 heterocycles. The number of hydrogen-bond acceptors (Lipinski definition) is 1. The Kier molecular flexibility index (Phi) is 4.80. The lowest BCUT2D eigenvalue weighted by Crippen LogP contribution is -2.40. The second-order valence-electron chi connectivity index (χ2n) is 8.94. The molecule has 4 aromatic rings. The van der Waals surface area contributed by atoms with Crippen LogP contribution in [0.2, 0.25) is 0 Å².